The highest BCUT2D eigenvalue weighted by Crippen LogP contribution is 2.56. The van der Waals surface area contributed by atoms with Crippen LogP contribution in [0.5, 0.6) is 0 Å². The molecular formula is C15H17N5O5. The topological polar surface area (TPSA) is 118 Å². The van der Waals surface area contributed by atoms with Crippen LogP contribution in [0.15, 0.2) is 29.7 Å². The molecule has 1 unspecified atom stereocenters. The Balaban J connectivity index is 1.81. The van der Waals surface area contributed by atoms with E-state index in [0.29, 0.717) is 12.2 Å². The Hall–Kier alpha value is -3.04. The van der Waals surface area contributed by atoms with Gasteiger partial charge in [0.25, 0.3) is 0 Å². The smallest absolute Gasteiger partial charge is 0.349 e. The van der Waals surface area contributed by atoms with Crippen LogP contribution in [0.25, 0.3) is 5.82 Å². The van der Waals surface area contributed by atoms with Crippen LogP contribution in [0.2, 0.25) is 0 Å². The van der Waals surface area contributed by atoms with Crippen molar-refractivity contribution in [1.82, 2.24) is 24.3 Å². The van der Waals surface area contributed by atoms with Crippen LogP contribution in [-0.2, 0) is 19.1 Å². The summed E-state index contributed by atoms with van der Waals surface area (Å²) in [5.41, 5.74) is -1.08. The largest absolute Gasteiger partial charge is 0.465 e. The van der Waals surface area contributed by atoms with Crippen molar-refractivity contribution in [3.8, 4) is 5.82 Å². The Morgan fingerprint density at radius 3 is 2.48 bits per heavy atom. The molecule has 10 heteroatoms. The molecule has 25 heavy (non-hydrogen) atoms. The molecule has 2 heterocycles. The van der Waals surface area contributed by atoms with Crippen LogP contribution >= 0.6 is 0 Å². The molecule has 0 radical (unpaired) electrons. The minimum absolute atomic E-state index is 0.0670. The van der Waals surface area contributed by atoms with E-state index in [9.17, 15) is 14.4 Å². The molecule has 1 fully saturated rings. The maximum Gasteiger partial charge on any atom is 0.349 e. The third-order valence-corrected chi connectivity index (χ3v) is 4.08. The zero-order valence-electron chi connectivity index (χ0n) is 13.8. The van der Waals surface area contributed by atoms with E-state index in [2.05, 4.69) is 15.1 Å². The lowest BCUT2D eigenvalue weighted by Gasteiger charge is -2.17. The summed E-state index contributed by atoms with van der Waals surface area (Å²) in [7, 11) is 0. The molecule has 1 aliphatic carbocycles. The third-order valence-electron chi connectivity index (χ3n) is 4.08. The first kappa shape index (κ1) is 16.8. The van der Waals surface area contributed by atoms with Gasteiger partial charge in [-0.2, -0.15) is 10.1 Å². The molecule has 0 amide bonds. The first-order chi connectivity index (χ1) is 11.9. The number of nitrogens with zero attached hydrogens (tertiary/aromatic N) is 5. The van der Waals surface area contributed by atoms with Crippen LogP contribution in [-0.4, -0.2) is 49.5 Å². The number of carbonyl (C=O) groups is 2. The van der Waals surface area contributed by atoms with Crippen molar-refractivity contribution in [1.29, 1.82) is 0 Å². The number of aromatic nitrogens is 5. The van der Waals surface area contributed by atoms with Gasteiger partial charge in [-0.15, -0.1) is 0 Å². The highest BCUT2D eigenvalue weighted by molar-refractivity contribution is 5.66. The van der Waals surface area contributed by atoms with Crippen LogP contribution in [0.3, 0.4) is 0 Å². The molecule has 2 aromatic heterocycles. The first-order valence-corrected chi connectivity index (χ1v) is 7.62. The molecule has 1 atom stereocenters. The van der Waals surface area contributed by atoms with Crippen molar-refractivity contribution in [2.75, 3.05) is 13.2 Å². The van der Waals surface area contributed by atoms with Crippen LogP contribution < -0.4 is 5.69 Å². The molecule has 0 aliphatic heterocycles. The lowest BCUT2D eigenvalue weighted by molar-refractivity contribution is -0.147. The van der Waals surface area contributed by atoms with Crippen molar-refractivity contribution in [3.05, 3.63) is 35.4 Å². The van der Waals surface area contributed by atoms with Crippen molar-refractivity contribution in [2.24, 2.45) is 5.41 Å². The normalized spacial score (nSPS) is 17.8. The summed E-state index contributed by atoms with van der Waals surface area (Å²) in [6.07, 6.45) is 4.92. The van der Waals surface area contributed by atoms with E-state index in [-0.39, 0.29) is 19.3 Å². The quantitative estimate of drug-likeness (QED) is 0.664. The second-order valence-electron chi connectivity index (χ2n) is 5.96. The first-order valence-electron chi connectivity index (χ1n) is 7.62. The number of carbonyl (C=O) groups excluding carboxylic acids is 2. The van der Waals surface area contributed by atoms with Crippen LogP contribution in [0, 0.1) is 5.41 Å². The van der Waals surface area contributed by atoms with Crippen LogP contribution in [0.1, 0.15) is 26.3 Å². The summed E-state index contributed by atoms with van der Waals surface area (Å²) >= 11 is 0. The molecule has 1 aliphatic rings. The Morgan fingerprint density at radius 1 is 1.28 bits per heavy atom. The van der Waals surface area contributed by atoms with Crippen molar-refractivity contribution in [3.63, 3.8) is 0 Å². The number of hydrogen-bond donors (Lipinski definition) is 0. The minimum Gasteiger partial charge on any atom is -0.465 e. The maximum absolute atomic E-state index is 12.4. The van der Waals surface area contributed by atoms with E-state index >= 15 is 0 Å². The van der Waals surface area contributed by atoms with Gasteiger partial charge >= 0.3 is 17.6 Å². The fraction of sp³-hybridized carbons (Fsp3) is 0.467. The lowest BCUT2D eigenvalue weighted by Crippen LogP contribution is -2.29. The second-order valence-corrected chi connectivity index (χ2v) is 5.96. The van der Waals surface area contributed by atoms with E-state index in [4.69, 9.17) is 9.47 Å². The van der Waals surface area contributed by atoms with Gasteiger partial charge in [0.2, 0.25) is 0 Å². The average molecular weight is 347 g/mol. The van der Waals surface area contributed by atoms with E-state index in [1.807, 2.05) is 0 Å². The highest BCUT2D eigenvalue weighted by Gasteiger charge is 2.58. The molecule has 0 saturated heterocycles. The fourth-order valence-electron chi connectivity index (χ4n) is 2.66. The van der Waals surface area contributed by atoms with Gasteiger partial charge in [-0.1, -0.05) is 0 Å². The van der Waals surface area contributed by atoms with E-state index < -0.39 is 23.0 Å². The second kappa shape index (κ2) is 6.46. The summed E-state index contributed by atoms with van der Waals surface area (Å²) in [4.78, 5) is 42.4. The summed E-state index contributed by atoms with van der Waals surface area (Å²) in [6.45, 7) is 2.74. The van der Waals surface area contributed by atoms with Crippen LogP contribution in [0.4, 0.5) is 0 Å². The molecule has 1 saturated carbocycles. The summed E-state index contributed by atoms with van der Waals surface area (Å²) in [5.74, 6) is -0.510. The van der Waals surface area contributed by atoms with Gasteiger partial charge in [0.1, 0.15) is 25.9 Å². The molecule has 3 rings (SSSR count). The maximum atomic E-state index is 12.4. The van der Waals surface area contributed by atoms with E-state index in [1.54, 1.807) is 12.3 Å². The predicted molar refractivity (Wildman–Crippen MR) is 82.8 cm³/mol. The van der Waals surface area contributed by atoms with Gasteiger partial charge in [-0.25, -0.2) is 14.5 Å². The Morgan fingerprint density at radius 2 is 1.96 bits per heavy atom. The van der Waals surface area contributed by atoms with Crippen molar-refractivity contribution < 1.29 is 19.1 Å². The van der Waals surface area contributed by atoms with Crippen molar-refractivity contribution >= 4 is 11.9 Å². The standard InChI is InChI=1S/C15H17N5O5/c1-10(21)24-6-15(7-25-11(2)22)5-12(15)19-4-3-13(18-14(19)23)20-9-16-8-17-20/h3-4,8-9,12H,5-7H2,1-2H3. The van der Waals surface area contributed by atoms with Gasteiger partial charge in [0, 0.05) is 20.0 Å². The number of ether oxygens (including phenoxy) is 2. The Bertz CT molecular complexity index is 826. The number of esters is 2. The van der Waals surface area contributed by atoms with Gasteiger partial charge in [-0.05, 0) is 12.5 Å². The van der Waals surface area contributed by atoms with Gasteiger partial charge < -0.3 is 9.47 Å². The Labute approximate surface area is 142 Å². The molecule has 10 nitrogen and oxygen atoms in total. The monoisotopic (exact) mass is 347 g/mol. The zero-order valence-corrected chi connectivity index (χ0v) is 13.8. The number of rotatable bonds is 6. The van der Waals surface area contributed by atoms with Crippen molar-refractivity contribution in [2.45, 2.75) is 26.3 Å². The van der Waals surface area contributed by atoms with Gasteiger partial charge in [0.05, 0.1) is 11.5 Å². The molecule has 0 aromatic carbocycles. The lowest BCUT2D eigenvalue weighted by atomic mass is 10.1. The highest BCUT2D eigenvalue weighted by atomic mass is 16.5. The van der Waals surface area contributed by atoms with Gasteiger partial charge in [0.15, 0.2) is 5.82 Å². The molecule has 0 bridgehead atoms. The summed E-state index contributed by atoms with van der Waals surface area (Å²) in [6, 6.07) is 1.37. The molecular weight excluding hydrogens is 330 g/mol. The summed E-state index contributed by atoms with van der Waals surface area (Å²) < 4.78 is 13.0. The third kappa shape index (κ3) is 3.57. The molecule has 0 N–H and O–H groups in total. The molecule has 132 valence electrons. The van der Waals surface area contributed by atoms with E-state index in [1.165, 1.54) is 35.8 Å². The molecule has 2 aromatic rings. The van der Waals surface area contributed by atoms with Gasteiger partial charge in [-0.3, -0.25) is 14.2 Å². The SMILES string of the molecule is CC(=O)OCC1(COC(C)=O)CC1n1ccc(-n2cncn2)nc1=O. The number of hydrogen-bond acceptors (Lipinski definition) is 8. The Kier molecular flexibility index (Phi) is 4.34. The minimum atomic E-state index is -0.613. The fourth-order valence-corrected chi connectivity index (χ4v) is 2.66. The molecule has 0 spiro atoms. The predicted octanol–water partition coefficient (Wildman–Crippen LogP) is -0.119. The van der Waals surface area contributed by atoms with E-state index in [0.717, 1.165) is 0 Å². The zero-order chi connectivity index (χ0) is 18.0. The summed E-state index contributed by atoms with van der Waals surface area (Å²) in [5, 5.41) is 3.92. The average Bonchev–Trinajstić information content (AvgIpc) is 3.00.